The summed E-state index contributed by atoms with van der Waals surface area (Å²) in [5.74, 6) is -1.41. The molecule has 10 heteroatoms. The van der Waals surface area contributed by atoms with Crippen LogP contribution in [0.4, 0.5) is 5.69 Å². The number of carbonyl (C=O) groups is 3. The molecule has 3 N–H and O–H groups in total. The van der Waals surface area contributed by atoms with Gasteiger partial charge in [0.25, 0.3) is 5.69 Å². The van der Waals surface area contributed by atoms with Crippen molar-refractivity contribution in [2.24, 2.45) is 11.7 Å². The van der Waals surface area contributed by atoms with Crippen LogP contribution in [0.2, 0.25) is 0 Å². The molecule has 0 aliphatic carbocycles. The molecule has 9 nitrogen and oxygen atoms in total. The fraction of sp³-hybridized carbons (Fsp3) is 0.550. The highest BCUT2D eigenvalue weighted by molar-refractivity contribution is 14.1. The molecule has 0 spiro atoms. The Kier molecular flexibility index (Phi) is 9.98. The van der Waals surface area contributed by atoms with E-state index >= 15 is 0 Å². The van der Waals surface area contributed by atoms with Gasteiger partial charge in [-0.15, -0.1) is 0 Å². The molecule has 0 saturated heterocycles. The fourth-order valence-corrected chi connectivity index (χ4v) is 3.32. The molecule has 0 fully saturated rings. The third-order valence-electron chi connectivity index (χ3n) is 4.45. The maximum atomic E-state index is 13.0. The number of hydrogen-bond acceptors (Lipinski definition) is 7. The quantitative estimate of drug-likeness (QED) is 0.146. The number of nitro benzene ring substituents is 1. The lowest BCUT2D eigenvalue weighted by Crippen LogP contribution is -2.54. The number of aldehydes is 1. The van der Waals surface area contributed by atoms with Gasteiger partial charge in [0.2, 0.25) is 11.8 Å². The maximum Gasteiger partial charge on any atom is 0.269 e. The van der Waals surface area contributed by atoms with E-state index in [1.165, 1.54) is 31.2 Å². The van der Waals surface area contributed by atoms with Crippen molar-refractivity contribution in [3.05, 3.63) is 39.9 Å². The van der Waals surface area contributed by atoms with Crippen LogP contribution in [-0.4, -0.2) is 55.1 Å². The summed E-state index contributed by atoms with van der Waals surface area (Å²) in [5.41, 5.74) is 4.94. The Morgan fingerprint density at radius 2 is 2.03 bits per heavy atom. The van der Waals surface area contributed by atoms with Crippen LogP contribution in [0.1, 0.15) is 39.2 Å². The first-order valence-electron chi connectivity index (χ1n) is 9.50. The average molecular weight is 533 g/mol. The van der Waals surface area contributed by atoms with Gasteiger partial charge in [-0.05, 0) is 24.8 Å². The molecular formula is C20H28IN3O6. The Labute approximate surface area is 189 Å². The van der Waals surface area contributed by atoms with E-state index in [4.69, 9.17) is 5.73 Å². The van der Waals surface area contributed by atoms with Crippen LogP contribution in [0.25, 0.3) is 0 Å². The van der Waals surface area contributed by atoms with Gasteiger partial charge in [0.1, 0.15) is 6.29 Å². The Bertz CT molecular complexity index is 784. The van der Waals surface area contributed by atoms with Crippen LogP contribution < -0.4 is 5.73 Å². The van der Waals surface area contributed by atoms with Gasteiger partial charge in [-0.2, -0.15) is 0 Å². The minimum Gasteiger partial charge on any atom is -0.389 e. The van der Waals surface area contributed by atoms with E-state index in [1.54, 1.807) is 0 Å². The second-order valence-corrected chi connectivity index (χ2v) is 8.74. The predicted octanol–water partition coefficient (Wildman–Crippen LogP) is 2.01. The fourth-order valence-electron chi connectivity index (χ4n) is 3.01. The van der Waals surface area contributed by atoms with Crippen molar-refractivity contribution in [1.29, 1.82) is 0 Å². The van der Waals surface area contributed by atoms with Crippen molar-refractivity contribution >= 4 is 46.4 Å². The summed E-state index contributed by atoms with van der Waals surface area (Å²) in [4.78, 5) is 49.0. The van der Waals surface area contributed by atoms with Gasteiger partial charge in [-0.25, -0.2) is 0 Å². The molecule has 0 bridgehead atoms. The first kappa shape index (κ1) is 26.1. The molecule has 166 valence electrons. The Morgan fingerprint density at radius 3 is 2.53 bits per heavy atom. The smallest absolute Gasteiger partial charge is 0.269 e. The van der Waals surface area contributed by atoms with E-state index in [1.807, 2.05) is 36.4 Å². The van der Waals surface area contributed by atoms with E-state index in [2.05, 4.69) is 0 Å². The SMILES string of the molecule is CC(C)C[C@@H](C=O)N(C(=O)Cc1cccc([N+](=O)[O-])c1)C(=O)[C@@H](N)CC(C)(O)CI. The highest BCUT2D eigenvalue weighted by Gasteiger charge is 2.36. The number of hydrogen-bond donors (Lipinski definition) is 2. The van der Waals surface area contributed by atoms with Crippen LogP contribution in [0.3, 0.4) is 0 Å². The molecule has 0 heterocycles. The number of nitro groups is 1. The maximum absolute atomic E-state index is 13.0. The second kappa shape index (κ2) is 11.5. The minimum atomic E-state index is -1.21. The number of amides is 2. The molecule has 1 aromatic carbocycles. The largest absolute Gasteiger partial charge is 0.389 e. The monoisotopic (exact) mass is 533 g/mol. The third kappa shape index (κ3) is 7.73. The van der Waals surface area contributed by atoms with Gasteiger partial charge >= 0.3 is 0 Å². The normalized spacial score (nSPS) is 15.2. The number of imide groups is 1. The molecule has 1 rings (SSSR count). The Hall–Kier alpha value is -1.92. The Balaban J connectivity index is 3.20. The zero-order chi connectivity index (χ0) is 23.1. The van der Waals surface area contributed by atoms with E-state index in [9.17, 15) is 29.6 Å². The van der Waals surface area contributed by atoms with E-state index < -0.39 is 34.4 Å². The summed E-state index contributed by atoms with van der Waals surface area (Å²) in [6, 6.07) is 3.33. The average Bonchev–Trinajstić information content (AvgIpc) is 2.66. The zero-order valence-electron chi connectivity index (χ0n) is 17.3. The topological polar surface area (TPSA) is 144 Å². The number of non-ortho nitro benzene ring substituents is 1. The molecule has 0 saturated carbocycles. The number of nitrogens with two attached hydrogens (primary N) is 1. The lowest BCUT2D eigenvalue weighted by atomic mass is 9.96. The number of aliphatic hydroxyl groups is 1. The molecule has 3 atom stereocenters. The number of benzene rings is 1. The highest BCUT2D eigenvalue weighted by atomic mass is 127. The van der Waals surface area contributed by atoms with Gasteiger partial charge in [-0.1, -0.05) is 48.6 Å². The number of halogens is 1. The van der Waals surface area contributed by atoms with Crippen molar-refractivity contribution in [1.82, 2.24) is 4.90 Å². The van der Waals surface area contributed by atoms with Crippen LogP contribution in [0.5, 0.6) is 0 Å². The molecular weight excluding hydrogens is 505 g/mol. The molecule has 30 heavy (non-hydrogen) atoms. The zero-order valence-corrected chi connectivity index (χ0v) is 19.4. The predicted molar refractivity (Wildman–Crippen MR) is 120 cm³/mol. The van der Waals surface area contributed by atoms with Gasteiger partial charge in [0.15, 0.2) is 0 Å². The van der Waals surface area contributed by atoms with Crippen molar-refractivity contribution in [3.63, 3.8) is 0 Å². The second-order valence-electron chi connectivity index (χ2n) is 7.98. The molecule has 0 radical (unpaired) electrons. The Morgan fingerprint density at radius 1 is 1.40 bits per heavy atom. The van der Waals surface area contributed by atoms with Gasteiger partial charge in [-0.3, -0.25) is 24.6 Å². The minimum absolute atomic E-state index is 0.0230. The lowest BCUT2D eigenvalue weighted by Gasteiger charge is -2.32. The molecule has 1 unspecified atom stereocenters. The standard InChI is InChI=1S/C20H28IN3O6/c1-13(2)7-16(11-25)23(19(27)17(22)10-20(3,28)12-21)18(26)9-14-5-4-6-15(8-14)24(29)30/h4-6,8,11,13,16-17,28H,7,9-10,12,22H2,1-3H3/t16-,17-,20?/m0/s1. The van der Waals surface area contributed by atoms with Crippen LogP contribution in [-0.2, 0) is 20.8 Å². The van der Waals surface area contributed by atoms with Crippen molar-refractivity contribution in [3.8, 4) is 0 Å². The van der Waals surface area contributed by atoms with E-state index in [-0.39, 0.29) is 30.9 Å². The van der Waals surface area contributed by atoms with Crippen LogP contribution >= 0.6 is 22.6 Å². The summed E-state index contributed by atoms with van der Waals surface area (Å²) in [5, 5.41) is 21.2. The summed E-state index contributed by atoms with van der Waals surface area (Å²) >= 11 is 1.97. The van der Waals surface area contributed by atoms with Crippen molar-refractivity contribution < 1.29 is 24.4 Å². The van der Waals surface area contributed by atoms with E-state index in [0.29, 0.717) is 16.3 Å². The summed E-state index contributed by atoms with van der Waals surface area (Å²) in [6.07, 6.45) is 0.408. The van der Waals surface area contributed by atoms with Crippen molar-refractivity contribution in [2.75, 3.05) is 4.43 Å². The molecule has 2 amide bonds. The van der Waals surface area contributed by atoms with E-state index in [0.717, 1.165) is 4.90 Å². The van der Waals surface area contributed by atoms with Gasteiger partial charge in [0, 0.05) is 23.0 Å². The van der Waals surface area contributed by atoms with Gasteiger partial charge in [0.05, 0.1) is 29.0 Å². The lowest BCUT2D eigenvalue weighted by molar-refractivity contribution is -0.384. The molecule has 0 aliphatic heterocycles. The van der Waals surface area contributed by atoms with Crippen molar-refractivity contribution in [2.45, 2.75) is 57.7 Å². The number of alkyl halides is 1. The number of nitrogens with zero attached hydrogens (tertiary/aromatic N) is 2. The number of rotatable bonds is 11. The first-order valence-corrected chi connectivity index (χ1v) is 11.0. The summed E-state index contributed by atoms with van der Waals surface area (Å²) in [7, 11) is 0. The van der Waals surface area contributed by atoms with Crippen LogP contribution in [0.15, 0.2) is 24.3 Å². The first-order chi connectivity index (χ1) is 13.9. The summed E-state index contributed by atoms with van der Waals surface area (Å²) < 4.78 is 0.330. The molecule has 1 aromatic rings. The number of carbonyl (C=O) groups excluding carboxylic acids is 3. The molecule has 0 aromatic heterocycles. The third-order valence-corrected chi connectivity index (χ3v) is 6.09. The highest BCUT2D eigenvalue weighted by Crippen LogP contribution is 2.20. The van der Waals surface area contributed by atoms with Gasteiger partial charge < -0.3 is 15.6 Å². The molecule has 0 aliphatic rings. The summed E-state index contributed by atoms with van der Waals surface area (Å²) in [6.45, 7) is 5.24. The van der Waals surface area contributed by atoms with Crippen LogP contribution in [0, 0.1) is 16.0 Å².